The van der Waals surface area contributed by atoms with Crippen LogP contribution in [0.3, 0.4) is 0 Å². The molecule has 9 heteroatoms. The first kappa shape index (κ1) is 24.1. The highest BCUT2D eigenvalue weighted by Crippen LogP contribution is 2.43. The molecule has 180 valence electrons. The minimum atomic E-state index is -1.10. The molecular formula is C25H30ClN5O3. The van der Waals surface area contributed by atoms with Gasteiger partial charge < -0.3 is 14.2 Å². The molecule has 4 rings (SSSR count). The summed E-state index contributed by atoms with van der Waals surface area (Å²) in [6.07, 6.45) is 4.54. The molecule has 1 amide bonds. The van der Waals surface area contributed by atoms with Crippen molar-refractivity contribution >= 4 is 34.6 Å². The van der Waals surface area contributed by atoms with Gasteiger partial charge in [0.15, 0.2) is 0 Å². The van der Waals surface area contributed by atoms with E-state index in [1.807, 2.05) is 39.2 Å². The van der Waals surface area contributed by atoms with E-state index in [-0.39, 0.29) is 27.7 Å². The topological polar surface area (TPSA) is 108 Å². The summed E-state index contributed by atoms with van der Waals surface area (Å²) in [6, 6.07) is 7.71. The highest BCUT2D eigenvalue weighted by Gasteiger charge is 2.37. The number of aromatic nitrogens is 3. The molecule has 1 fully saturated rings. The van der Waals surface area contributed by atoms with Gasteiger partial charge in [-0.2, -0.15) is 5.26 Å². The van der Waals surface area contributed by atoms with Gasteiger partial charge in [-0.05, 0) is 48.8 Å². The molecular weight excluding hydrogens is 454 g/mol. The highest BCUT2D eigenvalue weighted by molar-refractivity contribution is 6.34. The number of carboxylic acid groups (broad SMARTS) is 1. The van der Waals surface area contributed by atoms with E-state index in [9.17, 15) is 15.2 Å². The van der Waals surface area contributed by atoms with Crippen molar-refractivity contribution in [3.63, 3.8) is 0 Å². The molecule has 1 saturated carbocycles. The lowest BCUT2D eigenvalue weighted by Crippen LogP contribution is -2.39. The smallest absolute Gasteiger partial charge is 0.414 e. The second kappa shape index (κ2) is 8.95. The number of carbonyl (C=O) groups is 1. The Hall–Kier alpha value is -3.05. The standard InChI is InChI=1S/C25H30ClN5O3/c1-24(2,3)21-20(26)22(34-29-21)31(23(32)33)13-17-6-5-9-25(4,11-17)14-30-15-28-18-8-7-16(12-27)10-19(18)30/h7-8,10,15,17H,5-6,9,11,13-14H2,1-4H3,(H,32,33). The first-order chi connectivity index (χ1) is 16.0. The van der Waals surface area contributed by atoms with E-state index in [1.54, 1.807) is 6.07 Å². The molecule has 1 N–H and O–H groups in total. The zero-order valence-corrected chi connectivity index (χ0v) is 20.8. The largest absolute Gasteiger partial charge is 0.465 e. The van der Waals surface area contributed by atoms with Crippen molar-refractivity contribution < 1.29 is 14.4 Å². The number of hydrogen-bond donors (Lipinski definition) is 1. The average Bonchev–Trinajstić information content (AvgIpc) is 3.34. The van der Waals surface area contributed by atoms with E-state index in [2.05, 4.69) is 27.7 Å². The Morgan fingerprint density at radius 2 is 2.21 bits per heavy atom. The van der Waals surface area contributed by atoms with Gasteiger partial charge in [-0.3, -0.25) is 0 Å². The number of nitrogens with zero attached hydrogens (tertiary/aromatic N) is 5. The summed E-state index contributed by atoms with van der Waals surface area (Å²) >= 11 is 6.50. The molecule has 0 saturated heterocycles. The van der Waals surface area contributed by atoms with Gasteiger partial charge in [0.25, 0.3) is 5.88 Å². The van der Waals surface area contributed by atoms with Crippen molar-refractivity contribution in [1.82, 2.24) is 14.7 Å². The number of halogens is 1. The first-order valence-corrected chi connectivity index (χ1v) is 11.9. The number of rotatable bonds is 5. The lowest BCUT2D eigenvalue weighted by atomic mass is 9.70. The molecule has 0 aliphatic heterocycles. The van der Waals surface area contributed by atoms with Gasteiger partial charge in [0.2, 0.25) is 0 Å². The van der Waals surface area contributed by atoms with Crippen LogP contribution in [0.25, 0.3) is 11.0 Å². The number of nitriles is 1. The summed E-state index contributed by atoms with van der Waals surface area (Å²) in [7, 11) is 0. The fourth-order valence-corrected chi connectivity index (χ4v) is 5.55. The zero-order valence-electron chi connectivity index (χ0n) is 20.0. The number of amides is 1. The van der Waals surface area contributed by atoms with Crippen LogP contribution in [0, 0.1) is 22.7 Å². The van der Waals surface area contributed by atoms with Crippen molar-refractivity contribution in [3.05, 3.63) is 40.8 Å². The van der Waals surface area contributed by atoms with E-state index in [1.165, 1.54) is 4.90 Å². The van der Waals surface area contributed by atoms with E-state index in [4.69, 9.17) is 16.1 Å². The van der Waals surface area contributed by atoms with Crippen molar-refractivity contribution in [2.24, 2.45) is 11.3 Å². The molecule has 2 aromatic heterocycles. The molecule has 8 nitrogen and oxygen atoms in total. The highest BCUT2D eigenvalue weighted by atomic mass is 35.5. The lowest BCUT2D eigenvalue weighted by Gasteiger charge is -2.39. The third-order valence-corrected chi connectivity index (χ3v) is 7.06. The van der Waals surface area contributed by atoms with Crippen LogP contribution in [-0.2, 0) is 12.0 Å². The van der Waals surface area contributed by atoms with E-state index >= 15 is 0 Å². The predicted molar refractivity (Wildman–Crippen MR) is 130 cm³/mol. The quantitative estimate of drug-likeness (QED) is 0.460. The third-order valence-electron chi connectivity index (χ3n) is 6.72. The Kier molecular flexibility index (Phi) is 6.34. The number of imidazole rings is 1. The molecule has 3 aromatic rings. The van der Waals surface area contributed by atoms with E-state index in [0.29, 0.717) is 17.8 Å². The Morgan fingerprint density at radius 1 is 1.44 bits per heavy atom. The van der Waals surface area contributed by atoms with Gasteiger partial charge >= 0.3 is 6.09 Å². The number of fused-ring (bicyclic) bond motifs is 1. The van der Waals surface area contributed by atoms with Gasteiger partial charge in [-0.15, -0.1) is 0 Å². The van der Waals surface area contributed by atoms with Crippen LogP contribution < -0.4 is 4.90 Å². The maximum absolute atomic E-state index is 12.2. The Labute approximate surface area is 204 Å². The molecule has 1 aliphatic carbocycles. The minimum absolute atomic E-state index is 0.0366. The molecule has 1 aromatic carbocycles. The molecule has 0 bridgehead atoms. The van der Waals surface area contributed by atoms with Gasteiger partial charge in [0, 0.05) is 18.5 Å². The SMILES string of the molecule is CC1(Cn2cnc3ccc(C#N)cc32)CCCC(CN(C(=O)O)c2onc(C(C)(C)C)c2Cl)C1. The summed E-state index contributed by atoms with van der Waals surface area (Å²) in [5.41, 5.74) is 2.57. The summed E-state index contributed by atoms with van der Waals surface area (Å²) in [5.74, 6) is 0.245. The van der Waals surface area contributed by atoms with Crippen LogP contribution in [0.1, 0.15) is 64.6 Å². The van der Waals surface area contributed by atoms with Crippen LogP contribution in [0.2, 0.25) is 5.02 Å². The maximum atomic E-state index is 12.2. The molecule has 2 heterocycles. The minimum Gasteiger partial charge on any atom is -0.465 e. The second-order valence-corrected chi connectivity index (χ2v) is 11.1. The maximum Gasteiger partial charge on any atom is 0.414 e. The first-order valence-electron chi connectivity index (χ1n) is 11.5. The van der Waals surface area contributed by atoms with E-state index in [0.717, 1.165) is 43.3 Å². The Morgan fingerprint density at radius 3 is 2.85 bits per heavy atom. The zero-order chi connectivity index (χ0) is 24.7. The molecule has 1 aliphatic rings. The van der Waals surface area contributed by atoms with Gasteiger partial charge in [0.05, 0.1) is 29.0 Å². The number of anilines is 1. The normalized spacial score (nSPS) is 20.9. The van der Waals surface area contributed by atoms with Crippen molar-refractivity contribution in [3.8, 4) is 6.07 Å². The van der Waals surface area contributed by atoms with Crippen LogP contribution in [0.5, 0.6) is 0 Å². The van der Waals surface area contributed by atoms with Crippen LogP contribution in [-0.4, -0.2) is 32.5 Å². The lowest BCUT2D eigenvalue weighted by molar-refractivity contribution is 0.135. The monoisotopic (exact) mass is 483 g/mol. The second-order valence-electron chi connectivity index (χ2n) is 10.8. The fourth-order valence-electron chi connectivity index (χ4n) is 5.09. The fraction of sp³-hybridized carbons (Fsp3) is 0.520. The van der Waals surface area contributed by atoms with Crippen LogP contribution >= 0.6 is 11.6 Å². The number of hydrogen-bond acceptors (Lipinski definition) is 5. The molecule has 2 atom stereocenters. The van der Waals surface area contributed by atoms with Gasteiger partial charge in [0.1, 0.15) is 10.7 Å². The predicted octanol–water partition coefficient (Wildman–Crippen LogP) is 6.23. The average molecular weight is 484 g/mol. The van der Waals surface area contributed by atoms with Gasteiger partial charge in [-0.25, -0.2) is 14.7 Å². The molecule has 0 spiro atoms. The van der Waals surface area contributed by atoms with Crippen LogP contribution in [0.15, 0.2) is 29.0 Å². The summed E-state index contributed by atoms with van der Waals surface area (Å²) in [5, 5.41) is 23.5. The Balaban J connectivity index is 1.53. The van der Waals surface area contributed by atoms with Crippen molar-refractivity contribution in [2.75, 3.05) is 11.4 Å². The molecule has 0 radical (unpaired) electrons. The number of benzene rings is 1. The summed E-state index contributed by atoms with van der Waals surface area (Å²) in [6.45, 7) is 9.15. The van der Waals surface area contributed by atoms with Crippen molar-refractivity contribution in [2.45, 2.75) is 65.3 Å². The van der Waals surface area contributed by atoms with Crippen molar-refractivity contribution in [1.29, 1.82) is 5.26 Å². The molecule has 2 unspecified atom stereocenters. The summed E-state index contributed by atoms with van der Waals surface area (Å²) < 4.78 is 7.53. The van der Waals surface area contributed by atoms with E-state index < -0.39 is 6.09 Å². The Bertz CT molecular complexity index is 1250. The molecule has 34 heavy (non-hydrogen) atoms. The van der Waals surface area contributed by atoms with Crippen LogP contribution in [0.4, 0.5) is 10.7 Å². The van der Waals surface area contributed by atoms with Gasteiger partial charge in [-0.1, -0.05) is 50.9 Å². The summed E-state index contributed by atoms with van der Waals surface area (Å²) in [4.78, 5) is 17.8. The third kappa shape index (κ3) is 4.76.